The number of hydrogen-bond donors (Lipinski definition) is 2. The van der Waals surface area contributed by atoms with Gasteiger partial charge in [-0.05, 0) is 16.7 Å². The molecule has 1 amide bonds. The maximum atomic E-state index is 12.9. The SMILES string of the molecule is COC1OC(COC(c2ccccc2)(c2ccccc2)c2ccccc2)C(C)C(O)C1NC(=O)CCC[n+]1ccccc1. The number of amides is 1. The summed E-state index contributed by atoms with van der Waals surface area (Å²) in [7, 11) is 1.53. The largest absolute Gasteiger partial charge is 0.390 e. The molecule has 2 heterocycles. The number of aryl methyl sites for hydroxylation is 1. The van der Waals surface area contributed by atoms with Crippen molar-refractivity contribution < 1.29 is 28.7 Å². The van der Waals surface area contributed by atoms with Gasteiger partial charge in [-0.1, -0.05) is 104 Å². The van der Waals surface area contributed by atoms with E-state index in [1.165, 1.54) is 7.11 Å². The van der Waals surface area contributed by atoms with Gasteiger partial charge in [-0.3, -0.25) is 4.79 Å². The highest BCUT2D eigenvalue weighted by molar-refractivity contribution is 5.76. The third-order valence-electron chi connectivity index (χ3n) is 8.26. The van der Waals surface area contributed by atoms with Gasteiger partial charge in [-0.2, -0.15) is 0 Å². The second-order valence-corrected chi connectivity index (χ2v) is 11.0. The molecule has 1 aromatic heterocycles. The summed E-state index contributed by atoms with van der Waals surface area (Å²) in [6.07, 6.45) is 2.75. The van der Waals surface area contributed by atoms with Crippen LogP contribution >= 0.6 is 0 Å². The second-order valence-electron chi connectivity index (χ2n) is 11.0. The Morgan fingerprint density at radius 1 is 0.860 bits per heavy atom. The van der Waals surface area contributed by atoms with Gasteiger partial charge >= 0.3 is 0 Å². The van der Waals surface area contributed by atoms with Crippen LogP contribution in [0.3, 0.4) is 0 Å². The standard InChI is InChI=1S/C36H40N2O5/c1-27-31(43-35(41-2)33(34(27)40)37-32(39)22-15-25-38-23-13-6-14-24-38)26-42-36(28-16-7-3-8-17-28,29-18-9-4-10-19-29)30-20-11-5-12-21-30/h3-14,16-21,23-24,27,31,33-35,40H,15,22,25-26H2,1-2H3/p+1. The molecule has 0 bridgehead atoms. The molecule has 2 N–H and O–H groups in total. The highest BCUT2D eigenvalue weighted by Crippen LogP contribution is 2.41. The van der Waals surface area contributed by atoms with E-state index in [1.807, 2.05) is 96.7 Å². The molecule has 1 aliphatic rings. The van der Waals surface area contributed by atoms with Crippen LogP contribution < -0.4 is 9.88 Å². The molecule has 5 atom stereocenters. The van der Waals surface area contributed by atoms with Crippen molar-refractivity contribution in [2.45, 2.75) is 56.5 Å². The Hall–Kier alpha value is -3.88. The van der Waals surface area contributed by atoms with Gasteiger partial charge in [0.05, 0.1) is 18.8 Å². The maximum Gasteiger partial charge on any atom is 0.220 e. The molecule has 0 radical (unpaired) electrons. The van der Waals surface area contributed by atoms with E-state index in [9.17, 15) is 9.90 Å². The van der Waals surface area contributed by atoms with Crippen molar-refractivity contribution >= 4 is 5.91 Å². The van der Waals surface area contributed by atoms with Crippen LogP contribution in [-0.2, 0) is 31.2 Å². The molecule has 1 fully saturated rings. The fourth-order valence-corrected chi connectivity index (χ4v) is 5.87. The normalized spacial score (nSPS) is 22.2. The summed E-state index contributed by atoms with van der Waals surface area (Å²) in [5.41, 5.74) is 2.04. The third-order valence-corrected chi connectivity index (χ3v) is 8.26. The fraction of sp³-hybridized carbons (Fsp3) is 0.333. The fourth-order valence-electron chi connectivity index (χ4n) is 5.87. The minimum Gasteiger partial charge on any atom is -0.390 e. The number of pyridine rings is 1. The number of ether oxygens (including phenoxy) is 3. The number of nitrogens with one attached hydrogen (secondary N) is 1. The molecule has 224 valence electrons. The van der Waals surface area contributed by atoms with Crippen LogP contribution in [0.1, 0.15) is 36.5 Å². The maximum absolute atomic E-state index is 12.9. The summed E-state index contributed by atoms with van der Waals surface area (Å²) < 4.78 is 21.0. The average Bonchev–Trinajstić information content (AvgIpc) is 3.06. The number of methoxy groups -OCH3 is 1. The zero-order chi connectivity index (χ0) is 30.1. The van der Waals surface area contributed by atoms with E-state index in [2.05, 4.69) is 41.7 Å². The van der Waals surface area contributed by atoms with E-state index in [4.69, 9.17) is 14.2 Å². The van der Waals surface area contributed by atoms with Gasteiger partial charge in [-0.25, -0.2) is 4.57 Å². The van der Waals surface area contributed by atoms with Gasteiger partial charge in [0.1, 0.15) is 18.2 Å². The molecule has 7 heteroatoms. The summed E-state index contributed by atoms with van der Waals surface area (Å²) in [4.78, 5) is 12.9. The molecular weight excluding hydrogens is 540 g/mol. The first kappa shape index (κ1) is 30.6. The number of rotatable bonds is 12. The number of aliphatic hydroxyl groups excluding tert-OH is 1. The van der Waals surface area contributed by atoms with Gasteiger partial charge in [-0.15, -0.1) is 0 Å². The Bertz CT molecular complexity index is 1310. The lowest BCUT2D eigenvalue weighted by atomic mass is 9.80. The molecule has 43 heavy (non-hydrogen) atoms. The van der Waals surface area contributed by atoms with Crippen LogP contribution in [0, 0.1) is 5.92 Å². The van der Waals surface area contributed by atoms with E-state index in [-0.39, 0.29) is 18.4 Å². The van der Waals surface area contributed by atoms with Crippen molar-refractivity contribution in [3.63, 3.8) is 0 Å². The predicted octanol–water partition coefficient (Wildman–Crippen LogP) is 4.62. The summed E-state index contributed by atoms with van der Waals surface area (Å²) in [6.45, 7) is 2.84. The lowest BCUT2D eigenvalue weighted by molar-refractivity contribution is -0.697. The quantitative estimate of drug-likeness (QED) is 0.189. The minimum atomic E-state index is -0.914. The highest BCUT2D eigenvalue weighted by Gasteiger charge is 2.46. The number of carbonyl (C=O) groups excluding carboxylic acids is 1. The highest BCUT2D eigenvalue weighted by atomic mass is 16.7. The molecule has 7 nitrogen and oxygen atoms in total. The van der Waals surface area contributed by atoms with Gasteiger partial charge < -0.3 is 24.6 Å². The molecule has 1 saturated heterocycles. The van der Waals surface area contributed by atoms with Crippen LogP contribution in [0.25, 0.3) is 0 Å². The van der Waals surface area contributed by atoms with Crippen LogP contribution in [0.15, 0.2) is 122 Å². The predicted molar refractivity (Wildman–Crippen MR) is 164 cm³/mol. The third kappa shape index (κ3) is 7.03. The van der Waals surface area contributed by atoms with Gasteiger partial charge in [0.2, 0.25) is 5.91 Å². The molecule has 0 aliphatic carbocycles. The average molecular weight is 582 g/mol. The number of nitrogens with zero attached hydrogens (tertiary/aromatic N) is 1. The number of hydrogen-bond acceptors (Lipinski definition) is 5. The lowest BCUT2D eigenvalue weighted by Gasteiger charge is -2.44. The molecule has 3 aromatic carbocycles. The Labute approximate surface area is 254 Å². The Morgan fingerprint density at radius 2 is 1.37 bits per heavy atom. The van der Waals surface area contributed by atoms with Crippen LogP contribution in [0.2, 0.25) is 0 Å². The monoisotopic (exact) mass is 581 g/mol. The molecule has 1 aliphatic heterocycles. The molecule has 5 rings (SSSR count). The second kappa shape index (κ2) is 14.5. The Morgan fingerprint density at radius 3 is 1.88 bits per heavy atom. The van der Waals surface area contributed by atoms with Crippen molar-refractivity contribution in [3.8, 4) is 0 Å². The zero-order valence-electron chi connectivity index (χ0n) is 24.8. The van der Waals surface area contributed by atoms with Gasteiger partial charge in [0.15, 0.2) is 18.7 Å². The zero-order valence-corrected chi connectivity index (χ0v) is 24.8. The van der Waals surface area contributed by atoms with Crippen LogP contribution in [0.5, 0.6) is 0 Å². The lowest BCUT2D eigenvalue weighted by Crippen LogP contribution is -2.62. The Kier molecular flexibility index (Phi) is 10.3. The van der Waals surface area contributed by atoms with Crippen molar-refractivity contribution in [2.24, 2.45) is 5.92 Å². The Balaban J connectivity index is 1.32. The van der Waals surface area contributed by atoms with Crippen LogP contribution in [0.4, 0.5) is 0 Å². The summed E-state index contributed by atoms with van der Waals surface area (Å²) >= 11 is 0. The number of aliphatic hydroxyl groups is 1. The first-order valence-electron chi connectivity index (χ1n) is 14.9. The number of carbonyl (C=O) groups is 1. The van der Waals surface area contributed by atoms with Crippen molar-refractivity contribution in [1.82, 2.24) is 5.32 Å². The van der Waals surface area contributed by atoms with E-state index >= 15 is 0 Å². The van der Waals surface area contributed by atoms with E-state index in [1.54, 1.807) is 0 Å². The molecule has 0 spiro atoms. The van der Waals surface area contributed by atoms with E-state index < -0.39 is 30.1 Å². The first-order valence-corrected chi connectivity index (χ1v) is 14.9. The summed E-state index contributed by atoms with van der Waals surface area (Å²) in [6, 6.07) is 35.6. The van der Waals surface area contributed by atoms with Crippen molar-refractivity contribution in [3.05, 3.63) is 138 Å². The molecule has 5 unspecified atom stereocenters. The van der Waals surface area contributed by atoms with Crippen molar-refractivity contribution in [1.29, 1.82) is 0 Å². The topological polar surface area (TPSA) is 80.9 Å². The van der Waals surface area contributed by atoms with Gasteiger partial charge in [0, 0.05) is 38.0 Å². The molecular formula is C36H41N2O5+. The molecule has 4 aromatic rings. The number of aromatic nitrogens is 1. The van der Waals surface area contributed by atoms with E-state index in [0.29, 0.717) is 12.8 Å². The first-order chi connectivity index (χ1) is 21.0. The smallest absolute Gasteiger partial charge is 0.220 e. The van der Waals surface area contributed by atoms with Crippen LogP contribution in [-0.4, -0.2) is 49.3 Å². The number of benzene rings is 3. The summed E-state index contributed by atoms with van der Waals surface area (Å²) in [5, 5.41) is 14.4. The summed E-state index contributed by atoms with van der Waals surface area (Å²) in [5.74, 6) is -0.485. The molecule has 0 saturated carbocycles. The van der Waals surface area contributed by atoms with Crippen molar-refractivity contribution in [2.75, 3.05) is 13.7 Å². The van der Waals surface area contributed by atoms with E-state index in [0.717, 1.165) is 23.2 Å². The minimum absolute atomic E-state index is 0.149. The van der Waals surface area contributed by atoms with Gasteiger partial charge in [0.25, 0.3) is 0 Å².